The minimum Gasteiger partial charge on any atom is -0.342 e. The average Bonchev–Trinajstić information content (AvgIpc) is 2.59. The fourth-order valence-electron chi connectivity index (χ4n) is 3.09. The van der Waals surface area contributed by atoms with Crippen LogP contribution < -0.4 is 10.6 Å². The average molecular weight is 313 g/mol. The molecule has 0 unspecified atom stereocenters. The van der Waals surface area contributed by atoms with Crippen molar-refractivity contribution in [2.45, 2.75) is 50.5 Å². The SMILES string of the molecule is N#CCNC(=O)C1(NC(=O)CCc2ccccc2)CCCCC1. The molecule has 2 amide bonds. The van der Waals surface area contributed by atoms with Crippen LogP contribution in [0.25, 0.3) is 0 Å². The van der Waals surface area contributed by atoms with Gasteiger partial charge in [-0.25, -0.2) is 0 Å². The number of hydrogen-bond donors (Lipinski definition) is 2. The number of carbonyl (C=O) groups excluding carboxylic acids is 2. The van der Waals surface area contributed by atoms with Crippen LogP contribution in [0.2, 0.25) is 0 Å². The lowest BCUT2D eigenvalue weighted by Gasteiger charge is -2.36. The lowest BCUT2D eigenvalue weighted by Crippen LogP contribution is -2.59. The molecule has 1 aliphatic rings. The van der Waals surface area contributed by atoms with Gasteiger partial charge in [0.1, 0.15) is 12.1 Å². The van der Waals surface area contributed by atoms with E-state index in [0.29, 0.717) is 25.7 Å². The first-order valence-electron chi connectivity index (χ1n) is 8.16. The molecule has 1 aromatic rings. The Morgan fingerprint density at radius 2 is 1.83 bits per heavy atom. The van der Waals surface area contributed by atoms with Crippen LogP contribution in [0.1, 0.15) is 44.1 Å². The highest BCUT2D eigenvalue weighted by atomic mass is 16.2. The van der Waals surface area contributed by atoms with E-state index in [1.165, 1.54) is 0 Å². The second-order valence-electron chi connectivity index (χ2n) is 6.02. The molecule has 0 heterocycles. The molecular formula is C18H23N3O2. The minimum absolute atomic E-state index is 0.0273. The maximum absolute atomic E-state index is 12.4. The Bertz CT molecular complexity index is 572. The predicted molar refractivity (Wildman–Crippen MR) is 87.3 cm³/mol. The van der Waals surface area contributed by atoms with E-state index in [1.54, 1.807) is 0 Å². The zero-order chi connectivity index (χ0) is 16.5. The number of nitriles is 1. The highest BCUT2D eigenvalue weighted by molar-refractivity contribution is 5.91. The van der Waals surface area contributed by atoms with Crippen LogP contribution in [-0.4, -0.2) is 23.9 Å². The Kier molecular flexibility index (Phi) is 6.16. The van der Waals surface area contributed by atoms with Crippen molar-refractivity contribution in [3.8, 4) is 6.07 Å². The first-order chi connectivity index (χ1) is 11.2. The van der Waals surface area contributed by atoms with Crippen molar-refractivity contribution in [2.24, 2.45) is 0 Å². The Balaban J connectivity index is 1.95. The lowest BCUT2D eigenvalue weighted by atomic mass is 9.80. The third-order valence-corrected chi connectivity index (χ3v) is 4.33. The fourth-order valence-corrected chi connectivity index (χ4v) is 3.09. The first kappa shape index (κ1) is 17.0. The number of nitrogens with zero attached hydrogens (tertiary/aromatic N) is 1. The van der Waals surface area contributed by atoms with Gasteiger partial charge < -0.3 is 10.6 Å². The van der Waals surface area contributed by atoms with Gasteiger partial charge in [0, 0.05) is 6.42 Å². The van der Waals surface area contributed by atoms with E-state index >= 15 is 0 Å². The predicted octanol–water partition coefficient (Wildman–Crippen LogP) is 2.08. The molecule has 1 saturated carbocycles. The molecule has 2 N–H and O–H groups in total. The summed E-state index contributed by atoms with van der Waals surface area (Å²) in [5.41, 5.74) is 0.261. The largest absolute Gasteiger partial charge is 0.342 e. The van der Waals surface area contributed by atoms with E-state index in [0.717, 1.165) is 24.8 Å². The lowest BCUT2D eigenvalue weighted by molar-refractivity contribution is -0.134. The molecule has 0 spiro atoms. The highest BCUT2D eigenvalue weighted by Gasteiger charge is 2.40. The molecule has 1 aromatic carbocycles. The molecule has 5 heteroatoms. The van der Waals surface area contributed by atoms with Gasteiger partial charge in [-0.15, -0.1) is 0 Å². The van der Waals surface area contributed by atoms with Crippen molar-refractivity contribution in [3.05, 3.63) is 35.9 Å². The number of rotatable bonds is 6. The maximum Gasteiger partial charge on any atom is 0.246 e. The van der Waals surface area contributed by atoms with Crippen LogP contribution in [0, 0.1) is 11.3 Å². The van der Waals surface area contributed by atoms with Crippen molar-refractivity contribution in [1.29, 1.82) is 5.26 Å². The number of carbonyl (C=O) groups is 2. The van der Waals surface area contributed by atoms with Crippen molar-refractivity contribution < 1.29 is 9.59 Å². The van der Waals surface area contributed by atoms with Gasteiger partial charge in [-0.2, -0.15) is 5.26 Å². The summed E-state index contributed by atoms with van der Waals surface area (Å²) in [6, 6.07) is 11.7. The van der Waals surface area contributed by atoms with E-state index < -0.39 is 5.54 Å². The van der Waals surface area contributed by atoms with Crippen molar-refractivity contribution in [1.82, 2.24) is 10.6 Å². The second kappa shape index (κ2) is 8.33. The number of nitrogens with one attached hydrogen (secondary N) is 2. The van der Waals surface area contributed by atoms with Crippen LogP contribution in [0.5, 0.6) is 0 Å². The number of aryl methyl sites for hydroxylation is 1. The summed E-state index contributed by atoms with van der Waals surface area (Å²) in [5.74, 6) is -0.338. The molecule has 0 saturated heterocycles. The van der Waals surface area contributed by atoms with Crippen molar-refractivity contribution in [3.63, 3.8) is 0 Å². The van der Waals surface area contributed by atoms with Gasteiger partial charge in [0.2, 0.25) is 11.8 Å². The third-order valence-electron chi connectivity index (χ3n) is 4.33. The molecule has 0 atom stereocenters. The molecule has 0 bridgehead atoms. The maximum atomic E-state index is 12.4. The van der Waals surface area contributed by atoms with Crippen LogP contribution in [0.4, 0.5) is 0 Å². The topological polar surface area (TPSA) is 82.0 Å². The van der Waals surface area contributed by atoms with Crippen LogP contribution >= 0.6 is 0 Å². The molecule has 122 valence electrons. The summed E-state index contributed by atoms with van der Waals surface area (Å²) in [6.45, 7) is -0.0273. The Labute approximate surface area is 137 Å². The number of amides is 2. The summed E-state index contributed by atoms with van der Waals surface area (Å²) in [4.78, 5) is 24.7. The molecule has 23 heavy (non-hydrogen) atoms. The zero-order valence-corrected chi connectivity index (χ0v) is 13.3. The first-order valence-corrected chi connectivity index (χ1v) is 8.16. The van der Waals surface area contributed by atoms with Gasteiger partial charge in [0.15, 0.2) is 0 Å². The number of benzene rings is 1. The monoisotopic (exact) mass is 313 g/mol. The van der Waals surface area contributed by atoms with Gasteiger partial charge in [-0.1, -0.05) is 49.6 Å². The standard InChI is InChI=1S/C18H23N3O2/c19-13-14-20-17(23)18(11-5-2-6-12-18)21-16(22)10-9-15-7-3-1-4-8-15/h1,3-4,7-8H,2,5-6,9-12,14H2,(H,20,23)(H,21,22). The molecule has 1 fully saturated rings. The van der Waals surface area contributed by atoms with Gasteiger partial charge in [-0.05, 0) is 24.8 Å². The quantitative estimate of drug-likeness (QED) is 0.789. The normalized spacial score (nSPS) is 16.1. The van der Waals surface area contributed by atoms with Gasteiger partial charge >= 0.3 is 0 Å². The van der Waals surface area contributed by atoms with E-state index in [1.807, 2.05) is 36.4 Å². The summed E-state index contributed by atoms with van der Waals surface area (Å²) < 4.78 is 0. The van der Waals surface area contributed by atoms with Crippen molar-refractivity contribution in [2.75, 3.05) is 6.54 Å². The van der Waals surface area contributed by atoms with Gasteiger partial charge in [0.05, 0.1) is 6.07 Å². The van der Waals surface area contributed by atoms with Crippen LogP contribution in [-0.2, 0) is 16.0 Å². The summed E-state index contributed by atoms with van der Waals surface area (Å²) >= 11 is 0. The zero-order valence-electron chi connectivity index (χ0n) is 13.3. The second-order valence-corrected chi connectivity index (χ2v) is 6.02. The van der Waals surface area contributed by atoms with E-state index in [9.17, 15) is 9.59 Å². The number of hydrogen-bond acceptors (Lipinski definition) is 3. The minimum atomic E-state index is -0.844. The van der Waals surface area contributed by atoms with Crippen molar-refractivity contribution >= 4 is 11.8 Å². The summed E-state index contributed by atoms with van der Waals surface area (Å²) in [5, 5.41) is 14.2. The third kappa shape index (κ3) is 4.82. The molecule has 5 nitrogen and oxygen atoms in total. The molecule has 0 radical (unpaired) electrons. The Morgan fingerprint density at radius 1 is 1.13 bits per heavy atom. The van der Waals surface area contributed by atoms with Crippen LogP contribution in [0.15, 0.2) is 30.3 Å². The molecular weight excluding hydrogens is 290 g/mol. The van der Waals surface area contributed by atoms with Gasteiger partial charge in [0.25, 0.3) is 0 Å². The molecule has 1 aliphatic carbocycles. The Morgan fingerprint density at radius 3 is 2.48 bits per heavy atom. The van der Waals surface area contributed by atoms with Crippen LogP contribution in [0.3, 0.4) is 0 Å². The summed E-state index contributed by atoms with van der Waals surface area (Å²) in [7, 11) is 0. The molecule has 2 rings (SSSR count). The van der Waals surface area contributed by atoms with E-state index in [4.69, 9.17) is 5.26 Å². The van der Waals surface area contributed by atoms with Gasteiger partial charge in [-0.3, -0.25) is 9.59 Å². The highest BCUT2D eigenvalue weighted by Crippen LogP contribution is 2.28. The molecule has 0 aliphatic heterocycles. The van der Waals surface area contributed by atoms with E-state index in [-0.39, 0.29) is 18.4 Å². The Hall–Kier alpha value is -2.35. The van der Waals surface area contributed by atoms with E-state index in [2.05, 4.69) is 10.6 Å². The summed E-state index contributed by atoms with van der Waals surface area (Å²) in [6.07, 6.45) is 5.20. The fraction of sp³-hybridized carbons (Fsp3) is 0.500. The smallest absolute Gasteiger partial charge is 0.246 e. The molecule has 0 aromatic heterocycles.